The van der Waals surface area contributed by atoms with Gasteiger partial charge in [-0.3, -0.25) is 4.79 Å². The molecule has 0 bridgehead atoms. The third kappa shape index (κ3) is 5.46. The quantitative estimate of drug-likeness (QED) is 0.293. The minimum absolute atomic E-state index is 0.0205. The lowest BCUT2D eigenvalue weighted by Gasteiger charge is -2.13. The summed E-state index contributed by atoms with van der Waals surface area (Å²) in [6, 6.07) is 17.2. The van der Waals surface area contributed by atoms with Crippen molar-refractivity contribution in [3.8, 4) is 11.5 Å². The van der Waals surface area contributed by atoms with Crippen LogP contribution in [-0.4, -0.2) is 34.1 Å². The molecule has 36 heavy (non-hydrogen) atoms. The van der Waals surface area contributed by atoms with Gasteiger partial charge >= 0.3 is 5.97 Å². The molecule has 0 saturated carbocycles. The highest BCUT2D eigenvalue weighted by atomic mass is 79.9. The van der Waals surface area contributed by atoms with Gasteiger partial charge in [0.25, 0.3) is 5.56 Å². The van der Waals surface area contributed by atoms with E-state index in [4.69, 9.17) is 14.6 Å². The summed E-state index contributed by atoms with van der Waals surface area (Å²) in [5.74, 6) is 0.513. The van der Waals surface area contributed by atoms with Gasteiger partial charge in [0.05, 0.1) is 29.8 Å². The number of nitrogens with zero attached hydrogens (tertiary/aromatic N) is 3. The maximum absolute atomic E-state index is 13.2. The summed E-state index contributed by atoms with van der Waals surface area (Å²) in [7, 11) is 1.53. The van der Waals surface area contributed by atoms with Gasteiger partial charge in [-0.2, -0.15) is 9.78 Å². The molecule has 0 saturated heterocycles. The second-order valence-electron chi connectivity index (χ2n) is 8.35. The molecule has 0 aliphatic heterocycles. The van der Waals surface area contributed by atoms with Crippen LogP contribution in [-0.2, 0) is 6.61 Å². The number of carbonyl (C=O) groups is 1. The second kappa shape index (κ2) is 10.7. The molecule has 184 valence electrons. The van der Waals surface area contributed by atoms with Crippen LogP contribution in [0.25, 0.3) is 10.9 Å². The molecule has 9 heteroatoms. The zero-order chi connectivity index (χ0) is 25.8. The van der Waals surface area contributed by atoms with Gasteiger partial charge in [-0.05, 0) is 59.7 Å². The Morgan fingerprint density at radius 3 is 2.67 bits per heavy atom. The van der Waals surface area contributed by atoms with Crippen molar-refractivity contribution in [1.82, 2.24) is 9.66 Å². The minimum Gasteiger partial charge on any atom is -0.493 e. The van der Waals surface area contributed by atoms with E-state index in [-0.39, 0.29) is 23.6 Å². The predicted molar refractivity (Wildman–Crippen MR) is 142 cm³/mol. The Bertz CT molecular complexity index is 1530. The van der Waals surface area contributed by atoms with Crippen LogP contribution >= 0.6 is 15.9 Å². The summed E-state index contributed by atoms with van der Waals surface area (Å²) in [5.41, 5.74) is 1.98. The monoisotopic (exact) mass is 549 g/mol. The number of ether oxygens (including phenoxy) is 2. The smallest absolute Gasteiger partial charge is 0.335 e. The number of carboxylic acids is 1. The molecule has 0 atom stereocenters. The average molecular weight is 550 g/mol. The molecule has 4 rings (SSSR count). The Morgan fingerprint density at radius 2 is 1.94 bits per heavy atom. The van der Waals surface area contributed by atoms with Gasteiger partial charge in [0.2, 0.25) is 0 Å². The maximum atomic E-state index is 13.2. The van der Waals surface area contributed by atoms with Gasteiger partial charge in [-0.15, -0.1) is 0 Å². The molecule has 1 aromatic heterocycles. The fourth-order valence-corrected chi connectivity index (χ4v) is 3.98. The molecule has 3 aromatic carbocycles. The molecule has 1 heterocycles. The van der Waals surface area contributed by atoms with Crippen molar-refractivity contribution in [2.45, 2.75) is 26.4 Å². The van der Waals surface area contributed by atoms with E-state index < -0.39 is 5.97 Å². The summed E-state index contributed by atoms with van der Waals surface area (Å²) in [5, 5.41) is 14.1. The van der Waals surface area contributed by atoms with E-state index in [2.05, 4.69) is 26.0 Å². The number of hydrogen-bond acceptors (Lipinski definition) is 6. The molecule has 0 spiro atoms. The number of rotatable bonds is 8. The molecule has 0 radical (unpaired) electrons. The van der Waals surface area contributed by atoms with Crippen LogP contribution in [0.5, 0.6) is 11.5 Å². The third-order valence-electron chi connectivity index (χ3n) is 5.43. The van der Waals surface area contributed by atoms with Crippen molar-refractivity contribution in [1.29, 1.82) is 0 Å². The molecule has 0 unspecified atom stereocenters. The fourth-order valence-electron chi connectivity index (χ4n) is 3.61. The highest BCUT2D eigenvalue weighted by Gasteiger charge is 2.14. The largest absolute Gasteiger partial charge is 0.493 e. The maximum Gasteiger partial charge on any atom is 0.335 e. The number of aromatic carboxylic acids is 1. The first-order valence-electron chi connectivity index (χ1n) is 11.2. The number of methoxy groups -OCH3 is 1. The van der Waals surface area contributed by atoms with Crippen molar-refractivity contribution >= 4 is 39.0 Å². The Kier molecular flexibility index (Phi) is 7.49. The van der Waals surface area contributed by atoms with Gasteiger partial charge < -0.3 is 14.6 Å². The average Bonchev–Trinajstić information content (AvgIpc) is 2.87. The van der Waals surface area contributed by atoms with Crippen LogP contribution in [0.15, 0.2) is 75.0 Å². The SMILES string of the molecule is COc1cc(C=Nn2c(C(C)C)nc3ccc(Br)cc3c2=O)ccc1OCc1cccc(C(=O)O)c1. The molecular formula is C27H24BrN3O5. The Hall–Kier alpha value is -3.98. The van der Waals surface area contributed by atoms with Crippen molar-refractivity contribution in [2.75, 3.05) is 7.11 Å². The second-order valence-corrected chi connectivity index (χ2v) is 9.27. The molecule has 0 aliphatic rings. The van der Waals surface area contributed by atoms with E-state index in [9.17, 15) is 9.59 Å². The van der Waals surface area contributed by atoms with Crippen LogP contribution in [0, 0.1) is 0 Å². The van der Waals surface area contributed by atoms with Gasteiger partial charge in [-0.1, -0.05) is 41.9 Å². The van der Waals surface area contributed by atoms with Crippen molar-refractivity contribution in [3.05, 3.63) is 98.0 Å². The molecular weight excluding hydrogens is 526 g/mol. The Balaban J connectivity index is 1.61. The van der Waals surface area contributed by atoms with E-state index in [1.165, 1.54) is 17.9 Å². The molecule has 4 aromatic rings. The summed E-state index contributed by atoms with van der Waals surface area (Å²) in [6.45, 7) is 4.09. The van der Waals surface area contributed by atoms with E-state index in [0.29, 0.717) is 33.8 Å². The third-order valence-corrected chi connectivity index (χ3v) is 5.92. The van der Waals surface area contributed by atoms with Gasteiger partial charge in [0, 0.05) is 10.4 Å². The van der Waals surface area contributed by atoms with Crippen LogP contribution in [0.4, 0.5) is 0 Å². The predicted octanol–water partition coefficient (Wildman–Crippen LogP) is 5.45. The number of aromatic nitrogens is 2. The molecule has 8 nitrogen and oxygen atoms in total. The number of halogens is 1. The molecule has 1 N–H and O–H groups in total. The van der Waals surface area contributed by atoms with Crippen molar-refractivity contribution in [2.24, 2.45) is 5.10 Å². The molecule has 0 aliphatic carbocycles. The van der Waals surface area contributed by atoms with Crippen molar-refractivity contribution in [3.63, 3.8) is 0 Å². The summed E-state index contributed by atoms with van der Waals surface area (Å²) >= 11 is 3.41. The van der Waals surface area contributed by atoms with E-state index >= 15 is 0 Å². The topological polar surface area (TPSA) is 103 Å². The first-order valence-corrected chi connectivity index (χ1v) is 12.0. The van der Waals surface area contributed by atoms with Gasteiger partial charge in [0.15, 0.2) is 11.5 Å². The molecule has 0 amide bonds. The summed E-state index contributed by atoms with van der Waals surface area (Å²) in [6.07, 6.45) is 1.57. The Morgan fingerprint density at radius 1 is 1.14 bits per heavy atom. The standard InChI is InChI=1S/C27H24BrN3O5/c1-16(2)25-30-22-9-8-20(28)13-21(22)26(32)31(25)29-14-17-7-10-23(24(12-17)35-3)36-15-18-5-4-6-19(11-18)27(33)34/h4-14,16H,15H2,1-3H3,(H,33,34). The minimum atomic E-state index is -0.993. The number of hydrogen-bond donors (Lipinski definition) is 1. The number of carboxylic acid groups (broad SMARTS) is 1. The van der Waals surface area contributed by atoms with Crippen LogP contribution in [0.3, 0.4) is 0 Å². The summed E-state index contributed by atoms with van der Waals surface area (Å²) < 4.78 is 13.5. The highest BCUT2D eigenvalue weighted by molar-refractivity contribution is 9.10. The van der Waals surface area contributed by atoms with E-state index in [1.807, 2.05) is 26.0 Å². The lowest BCUT2D eigenvalue weighted by atomic mass is 10.1. The number of fused-ring (bicyclic) bond motifs is 1. The lowest BCUT2D eigenvalue weighted by molar-refractivity contribution is 0.0696. The van der Waals surface area contributed by atoms with Crippen LogP contribution in [0.1, 0.15) is 47.1 Å². The molecule has 0 fully saturated rings. The zero-order valence-corrected chi connectivity index (χ0v) is 21.5. The normalized spacial score (nSPS) is 11.4. The van der Waals surface area contributed by atoms with Crippen LogP contribution in [0.2, 0.25) is 0 Å². The lowest BCUT2D eigenvalue weighted by Crippen LogP contribution is -2.23. The van der Waals surface area contributed by atoms with Gasteiger partial charge in [0.1, 0.15) is 12.4 Å². The summed E-state index contributed by atoms with van der Waals surface area (Å²) in [4.78, 5) is 29.0. The van der Waals surface area contributed by atoms with E-state index in [0.717, 1.165) is 10.0 Å². The number of benzene rings is 3. The fraction of sp³-hybridized carbons (Fsp3) is 0.185. The Labute approximate surface area is 216 Å². The van der Waals surface area contributed by atoms with Crippen LogP contribution < -0.4 is 15.0 Å². The first kappa shape index (κ1) is 25.1. The highest BCUT2D eigenvalue weighted by Crippen LogP contribution is 2.28. The first-order chi connectivity index (χ1) is 17.3. The van der Waals surface area contributed by atoms with E-state index in [1.54, 1.807) is 48.7 Å². The zero-order valence-electron chi connectivity index (χ0n) is 19.9. The van der Waals surface area contributed by atoms with Gasteiger partial charge in [-0.25, -0.2) is 9.78 Å². The van der Waals surface area contributed by atoms with Crippen molar-refractivity contribution < 1.29 is 19.4 Å².